The van der Waals surface area contributed by atoms with E-state index in [0.29, 0.717) is 0 Å². The van der Waals surface area contributed by atoms with Crippen LogP contribution in [0, 0.1) is 5.41 Å². The third-order valence-electron chi connectivity index (χ3n) is 2.52. The van der Waals surface area contributed by atoms with Crippen LogP contribution in [0.1, 0.15) is 60.3 Å². The van der Waals surface area contributed by atoms with Crippen molar-refractivity contribution in [2.75, 3.05) is 6.54 Å². The normalized spacial score (nSPS) is 27.0. The molecule has 1 saturated carbocycles. The van der Waals surface area contributed by atoms with E-state index in [4.69, 9.17) is 0 Å². The van der Waals surface area contributed by atoms with E-state index in [-0.39, 0.29) is 0 Å². The molecular formula is C12H27N. The lowest BCUT2D eigenvalue weighted by atomic mass is 10.0. The lowest BCUT2D eigenvalue weighted by molar-refractivity contribution is 0.557. The number of rotatable bonds is 0. The molecule has 1 N–H and O–H groups in total. The lowest BCUT2D eigenvalue weighted by Gasteiger charge is -1.99. The molecule has 0 amide bonds. The average molecular weight is 185 g/mol. The van der Waals surface area contributed by atoms with E-state index in [1.165, 1.54) is 32.2 Å². The first kappa shape index (κ1) is 13.0. The number of hydrogen-bond donors (Lipinski definition) is 1. The molecule has 0 aromatic carbocycles. The Morgan fingerprint density at radius 1 is 1.23 bits per heavy atom. The maximum absolute atomic E-state index is 3.47. The van der Waals surface area contributed by atoms with Crippen LogP contribution in [0.3, 0.4) is 0 Å². The Kier molecular flexibility index (Phi) is 6.40. The number of hydrogen-bond acceptors (Lipinski definition) is 1. The zero-order chi connectivity index (χ0) is 10.3. The second-order valence-corrected chi connectivity index (χ2v) is 4.19. The van der Waals surface area contributed by atoms with Crippen molar-refractivity contribution < 1.29 is 0 Å². The van der Waals surface area contributed by atoms with E-state index in [1.54, 1.807) is 0 Å². The molecule has 1 heterocycles. The molecular weight excluding hydrogens is 158 g/mol. The van der Waals surface area contributed by atoms with Crippen molar-refractivity contribution in [2.24, 2.45) is 5.41 Å². The monoisotopic (exact) mass is 185 g/mol. The van der Waals surface area contributed by atoms with Crippen LogP contribution in [0.5, 0.6) is 0 Å². The molecule has 0 radical (unpaired) electrons. The van der Waals surface area contributed by atoms with Crippen LogP contribution in [-0.4, -0.2) is 12.6 Å². The third kappa shape index (κ3) is 4.66. The SMILES string of the molecule is CC.CC1CC2(CC2)CN1.CCC. The predicted octanol–water partition coefficient (Wildman–Crippen LogP) is 3.59. The van der Waals surface area contributed by atoms with Crippen LogP contribution >= 0.6 is 0 Å². The van der Waals surface area contributed by atoms with Crippen LogP contribution in [0.25, 0.3) is 0 Å². The third-order valence-corrected chi connectivity index (χ3v) is 2.52. The Balaban J connectivity index is 0.000000251. The zero-order valence-electron chi connectivity index (χ0n) is 10.1. The summed E-state index contributed by atoms with van der Waals surface area (Å²) in [5.41, 5.74) is 0.805. The first-order valence-electron chi connectivity index (χ1n) is 5.96. The Morgan fingerprint density at radius 3 is 1.85 bits per heavy atom. The van der Waals surface area contributed by atoms with Gasteiger partial charge in [0.2, 0.25) is 0 Å². The molecule has 1 heteroatoms. The second kappa shape index (κ2) is 6.42. The molecule has 1 aliphatic heterocycles. The molecule has 0 aromatic heterocycles. The molecule has 0 aromatic rings. The highest BCUT2D eigenvalue weighted by atomic mass is 15.0. The van der Waals surface area contributed by atoms with Crippen LogP contribution < -0.4 is 5.32 Å². The predicted molar refractivity (Wildman–Crippen MR) is 61.1 cm³/mol. The van der Waals surface area contributed by atoms with Crippen molar-refractivity contribution in [3.8, 4) is 0 Å². The molecule has 1 spiro atoms. The maximum Gasteiger partial charge on any atom is 0.00447 e. The van der Waals surface area contributed by atoms with Crippen molar-refractivity contribution in [3.05, 3.63) is 0 Å². The smallest absolute Gasteiger partial charge is 0.00447 e. The average Bonchev–Trinajstić information content (AvgIpc) is 2.77. The fraction of sp³-hybridized carbons (Fsp3) is 1.00. The summed E-state index contributed by atoms with van der Waals surface area (Å²) in [5.74, 6) is 0. The molecule has 0 bridgehead atoms. The Morgan fingerprint density at radius 2 is 1.69 bits per heavy atom. The van der Waals surface area contributed by atoms with Crippen molar-refractivity contribution in [3.63, 3.8) is 0 Å². The van der Waals surface area contributed by atoms with Crippen LogP contribution in [0.4, 0.5) is 0 Å². The van der Waals surface area contributed by atoms with Gasteiger partial charge in [-0.1, -0.05) is 34.1 Å². The number of nitrogens with one attached hydrogen (secondary N) is 1. The van der Waals surface area contributed by atoms with Gasteiger partial charge in [0.1, 0.15) is 0 Å². The molecule has 1 atom stereocenters. The van der Waals surface area contributed by atoms with Gasteiger partial charge >= 0.3 is 0 Å². The minimum Gasteiger partial charge on any atom is -0.314 e. The summed E-state index contributed by atoms with van der Waals surface area (Å²) in [6.45, 7) is 11.8. The van der Waals surface area contributed by atoms with Crippen LogP contribution in [0.15, 0.2) is 0 Å². The Labute approximate surface area is 84.3 Å². The van der Waals surface area contributed by atoms with Crippen molar-refractivity contribution in [1.29, 1.82) is 0 Å². The lowest BCUT2D eigenvalue weighted by Crippen LogP contribution is -2.16. The highest BCUT2D eigenvalue weighted by Gasteiger charge is 2.46. The van der Waals surface area contributed by atoms with E-state index < -0.39 is 0 Å². The van der Waals surface area contributed by atoms with Gasteiger partial charge in [0, 0.05) is 12.6 Å². The highest BCUT2D eigenvalue weighted by molar-refractivity contribution is 5.01. The van der Waals surface area contributed by atoms with E-state index in [9.17, 15) is 0 Å². The van der Waals surface area contributed by atoms with E-state index in [2.05, 4.69) is 26.1 Å². The van der Waals surface area contributed by atoms with Crippen LogP contribution in [0.2, 0.25) is 0 Å². The van der Waals surface area contributed by atoms with E-state index >= 15 is 0 Å². The topological polar surface area (TPSA) is 12.0 Å². The highest BCUT2D eigenvalue weighted by Crippen LogP contribution is 2.51. The molecule has 80 valence electrons. The van der Waals surface area contributed by atoms with Crippen molar-refractivity contribution in [2.45, 2.75) is 66.3 Å². The molecule has 1 aliphatic carbocycles. The van der Waals surface area contributed by atoms with Gasteiger partial charge in [-0.05, 0) is 31.6 Å². The first-order valence-corrected chi connectivity index (χ1v) is 5.96. The second-order valence-electron chi connectivity index (χ2n) is 4.19. The summed E-state index contributed by atoms with van der Waals surface area (Å²) in [6, 6.07) is 0.803. The van der Waals surface area contributed by atoms with Gasteiger partial charge in [-0.25, -0.2) is 0 Å². The summed E-state index contributed by atoms with van der Waals surface area (Å²) in [5, 5.41) is 3.47. The molecule has 1 nitrogen and oxygen atoms in total. The molecule has 2 rings (SSSR count). The van der Waals surface area contributed by atoms with Gasteiger partial charge in [-0.2, -0.15) is 0 Å². The van der Waals surface area contributed by atoms with Crippen molar-refractivity contribution >= 4 is 0 Å². The summed E-state index contributed by atoms with van der Waals surface area (Å²) in [6.07, 6.45) is 5.67. The molecule has 1 saturated heterocycles. The van der Waals surface area contributed by atoms with Crippen LogP contribution in [-0.2, 0) is 0 Å². The quantitative estimate of drug-likeness (QED) is 0.608. The summed E-state index contributed by atoms with van der Waals surface area (Å²) in [7, 11) is 0. The molecule has 13 heavy (non-hydrogen) atoms. The van der Waals surface area contributed by atoms with E-state index in [0.717, 1.165) is 11.5 Å². The van der Waals surface area contributed by atoms with Gasteiger partial charge in [0.05, 0.1) is 0 Å². The first-order chi connectivity index (χ1) is 6.22. The molecule has 1 unspecified atom stereocenters. The fourth-order valence-electron chi connectivity index (χ4n) is 1.74. The fourth-order valence-corrected chi connectivity index (χ4v) is 1.74. The largest absolute Gasteiger partial charge is 0.314 e. The minimum atomic E-state index is 0.803. The van der Waals surface area contributed by atoms with Gasteiger partial charge in [-0.15, -0.1) is 0 Å². The Bertz CT molecular complexity index is 116. The van der Waals surface area contributed by atoms with Crippen molar-refractivity contribution in [1.82, 2.24) is 5.32 Å². The zero-order valence-corrected chi connectivity index (χ0v) is 10.1. The summed E-state index contributed by atoms with van der Waals surface area (Å²) < 4.78 is 0. The van der Waals surface area contributed by atoms with Gasteiger partial charge in [0.25, 0.3) is 0 Å². The standard InChI is InChI=1S/C7H13N.C3H8.C2H6/c1-6-4-7(2-3-7)5-8-6;1-3-2;1-2/h6,8H,2-5H2,1H3;3H2,1-2H3;1-2H3. The van der Waals surface area contributed by atoms with Gasteiger partial charge in [-0.3, -0.25) is 0 Å². The maximum atomic E-state index is 3.47. The van der Waals surface area contributed by atoms with Gasteiger partial charge < -0.3 is 5.32 Å². The molecule has 2 fully saturated rings. The summed E-state index contributed by atoms with van der Waals surface area (Å²) in [4.78, 5) is 0. The van der Waals surface area contributed by atoms with Gasteiger partial charge in [0.15, 0.2) is 0 Å². The summed E-state index contributed by atoms with van der Waals surface area (Å²) >= 11 is 0. The minimum absolute atomic E-state index is 0.803. The van der Waals surface area contributed by atoms with E-state index in [1.807, 2.05) is 13.8 Å². The molecule has 2 aliphatic rings. The Hall–Kier alpha value is -0.0400.